The second-order valence-electron chi connectivity index (χ2n) is 2.67. The molecule has 0 spiro atoms. The molecular weight excluding hydrogens is 184 g/mol. The summed E-state index contributed by atoms with van der Waals surface area (Å²) >= 11 is 0. The standard InChI is InChI=1S/C10H10O4/c11-9(12)6-7-10(13)14-8-4-2-1-3-5-8/h1-2,5-7H,3-4H2,(H,11,12)/b7-6+. The molecule has 0 amide bonds. The van der Waals surface area contributed by atoms with Crippen LogP contribution in [0.2, 0.25) is 0 Å². The van der Waals surface area contributed by atoms with Crippen molar-refractivity contribution >= 4 is 11.9 Å². The van der Waals surface area contributed by atoms with Gasteiger partial charge in [-0.15, -0.1) is 0 Å². The zero-order valence-corrected chi connectivity index (χ0v) is 7.47. The Morgan fingerprint density at radius 2 is 2.14 bits per heavy atom. The van der Waals surface area contributed by atoms with Crippen LogP contribution < -0.4 is 0 Å². The summed E-state index contributed by atoms with van der Waals surface area (Å²) in [5, 5.41) is 8.25. The lowest BCUT2D eigenvalue weighted by molar-refractivity contribution is -0.135. The van der Waals surface area contributed by atoms with Crippen molar-refractivity contribution in [3.63, 3.8) is 0 Å². The van der Waals surface area contributed by atoms with Crippen molar-refractivity contribution < 1.29 is 19.4 Å². The predicted molar refractivity (Wildman–Crippen MR) is 49.3 cm³/mol. The van der Waals surface area contributed by atoms with Crippen LogP contribution in [0.4, 0.5) is 0 Å². The molecule has 0 atom stereocenters. The summed E-state index contributed by atoms with van der Waals surface area (Å²) < 4.78 is 4.86. The molecule has 0 heterocycles. The van der Waals surface area contributed by atoms with Crippen molar-refractivity contribution in [1.29, 1.82) is 0 Å². The van der Waals surface area contributed by atoms with Crippen molar-refractivity contribution in [3.05, 3.63) is 36.1 Å². The smallest absolute Gasteiger partial charge is 0.336 e. The van der Waals surface area contributed by atoms with Crippen LogP contribution in [0.5, 0.6) is 0 Å². The van der Waals surface area contributed by atoms with Crippen LogP contribution in [0, 0.1) is 0 Å². The number of carbonyl (C=O) groups excluding carboxylic acids is 1. The number of carboxylic acids is 1. The lowest BCUT2D eigenvalue weighted by Gasteiger charge is -2.06. The minimum absolute atomic E-state index is 0.563. The molecule has 0 aromatic rings. The quantitative estimate of drug-likeness (QED) is 0.419. The second-order valence-corrected chi connectivity index (χ2v) is 2.67. The molecule has 1 N–H and O–H groups in total. The molecule has 4 heteroatoms. The van der Waals surface area contributed by atoms with Gasteiger partial charge in [0, 0.05) is 18.6 Å². The van der Waals surface area contributed by atoms with Crippen molar-refractivity contribution in [2.24, 2.45) is 0 Å². The van der Waals surface area contributed by atoms with E-state index in [0.717, 1.165) is 18.6 Å². The van der Waals surface area contributed by atoms with Gasteiger partial charge in [-0.05, 0) is 12.5 Å². The Kier molecular flexibility index (Phi) is 3.67. The molecule has 0 saturated heterocycles. The molecule has 4 nitrogen and oxygen atoms in total. The first-order valence-electron chi connectivity index (χ1n) is 4.15. The maximum Gasteiger partial charge on any atom is 0.336 e. The van der Waals surface area contributed by atoms with Gasteiger partial charge in [0.25, 0.3) is 0 Å². The fraction of sp³-hybridized carbons (Fsp3) is 0.200. The number of esters is 1. The third-order valence-corrected chi connectivity index (χ3v) is 1.56. The summed E-state index contributed by atoms with van der Waals surface area (Å²) in [6.07, 6.45) is 8.60. The maximum atomic E-state index is 11.0. The predicted octanol–water partition coefficient (Wildman–Crippen LogP) is 1.40. The summed E-state index contributed by atoms with van der Waals surface area (Å²) in [5.74, 6) is -1.26. The molecule has 14 heavy (non-hydrogen) atoms. The normalized spacial score (nSPS) is 15.3. The number of allylic oxidation sites excluding steroid dienone is 3. The number of hydrogen-bond acceptors (Lipinski definition) is 3. The summed E-state index contributed by atoms with van der Waals surface area (Å²) in [5.41, 5.74) is 0. The average Bonchev–Trinajstić information content (AvgIpc) is 2.16. The first-order chi connectivity index (χ1) is 6.68. The molecule has 0 aliphatic heterocycles. The van der Waals surface area contributed by atoms with Gasteiger partial charge in [-0.25, -0.2) is 9.59 Å². The van der Waals surface area contributed by atoms with Crippen LogP contribution in [-0.4, -0.2) is 17.0 Å². The Balaban J connectivity index is 2.41. The molecule has 1 aliphatic rings. The van der Waals surface area contributed by atoms with Crippen LogP contribution in [0.15, 0.2) is 36.1 Å². The Morgan fingerprint density at radius 3 is 2.71 bits per heavy atom. The van der Waals surface area contributed by atoms with Gasteiger partial charge in [0.1, 0.15) is 5.76 Å². The summed E-state index contributed by atoms with van der Waals surface area (Å²) in [6, 6.07) is 0. The van der Waals surface area contributed by atoms with Crippen LogP contribution in [-0.2, 0) is 14.3 Å². The molecule has 0 unspecified atom stereocenters. The van der Waals surface area contributed by atoms with Crippen molar-refractivity contribution in [3.8, 4) is 0 Å². The molecule has 0 bridgehead atoms. The minimum atomic E-state index is -1.17. The van der Waals surface area contributed by atoms with E-state index in [2.05, 4.69) is 0 Å². The second kappa shape index (κ2) is 5.01. The number of ether oxygens (including phenoxy) is 1. The van der Waals surface area contributed by atoms with Crippen LogP contribution >= 0.6 is 0 Å². The van der Waals surface area contributed by atoms with Gasteiger partial charge in [0.2, 0.25) is 0 Å². The molecule has 0 saturated carbocycles. The van der Waals surface area contributed by atoms with Crippen LogP contribution in [0.3, 0.4) is 0 Å². The topological polar surface area (TPSA) is 63.6 Å². The number of aliphatic carboxylic acids is 1. The van der Waals surface area contributed by atoms with E-state index in [1.807, 2.05) is 12.2 Å². The van der Waals surface area contributed by atoms with Gasteiger partial charge >= 0.3 is 11.9 Å². The van der Waals surface area contributed by atoms with Gasteiger partial charge in [-0.3, -0.25) is 0 Å². The third kappa shape index (κ3) is 3.71. The average molecular weight is 194 g/mol. The number of carboxylic acid groups (broad SMARTS) is 1. The van der Waals surface area contributed by atoms with E-state index in [1.165, 1.54) is 0 Å². The Bertz CT molecular complexity index is 323. The highest BCUT2D eigenvalue weighted by atomic mass is 16.5. The van der Waals surface area contributed by atoms with E-state index in [9.17, 15) is 9.59 Å². The number of rotatable bonds is 3. The monoisotopic (exact) mass is 194 g/mol. The SMILES string of the molecule is O=C(O)/C=C/C(=O)OC1=CCC=CC1. The lowest BCUT2D eigenvalue weighted by Crippen LogP contribution is -2.02. The first kappa shape index (κ1) is 10.2. The lowest BCUT2D eigenvalue weighted by atomic mass is 10.2. The van der Waals surface area contributed by atoms with Crippen molar-refractivity contribution in [2.45, 2.75) is 12.8 Å². The largest absolute Gasteiger partial charge is 0.478 e. The van der Waals surface area contributed by atoms with Crippen molar-refractivity contribution in [1.82, 2.24) is 0 Å². The van der Waals surface area contributed by atoms with E-state index in [1.54, 1.807) is 6.08 Å². The molecule has 0 aromatic carbocycles. The highest BCUT2D eigenvalue weighted by Crippen LogP contribution is 2.12. The third-order valence-electron chi connectivity index (χ3n) is 1.56. The maximum absolute atomic E-state index is 11.0. The summed E-state index contributed by atoms with van der Waals surface area (Å²) in [4.78, 5) is 21.1. The van der Waals surface area contributed by atoms with Gasteiger partial charge < -0.3 is 9.84 Å². The van der Waals surface area contributed by atoms with E-state index in [-0.39, 0.29) is 0 Å². The molecular formula is C10H10O4. The van der Waals surface area contributed by atoms with E-state index < -0.39 is 11.9 Å². The molecule has 0 radical (unpaired) electrons. The fourth-order valence-electron chi connectivity index (χ4n) is 0.964. The highest BCUT2D eigenvalue weighted by molar-refractivity contribution is 5.91. The van der Waals surface area contributed by atoms with Gasteiger partial charge in [0.15, 0.2) is 0 Å². The van der Waals surface area contributed by atoms with Crippen LogP contribution in [0.25, 0.3) is 0 Å². The summed E-state index contributed by atoms with van der Waals surface area (Å²) in [7, 11) is 0. The zero-order chi connectivity index (χ0) is 10.4. The zero-order valence-electron chi connectivity index (χ0n) is 7.47. The van der Waals surface area contributed by atoms with Gasteiger partial charge in [-0.2, -0.15) is 0 Å². The Morgan fingerprint density at radius 1 is 1.36 bits per heavy atom. The van der Waals surface area contributed by atoms with Gasteiger partial charge in [0.05, 0.1) is 0 Å². The van der Waals surface area contributed by atoms with E-state index in [4.69, 9.17) is 9.84 Å². The molecule has 0 aromatic heterocycles. The Labute approximate surface area is 81.2 Å². The van der Waals surface area contributed by atoms with E-state index >= 15 is 0 Å². The molecule has 1 aliphatic carbocycles. The van der Waals surface area contributed by atoms with E-state index in [0.29, 0.717) is 12.2 Å². The Hall–Kier alpha value is -1.84. The highest BCUT2D eigenvalue weighted by Gasteiger charge is 2.04. The number of hydrogen-bond donors (Lipinski definition) is 1. The number of carbonyl (C=O) groups is 2. The van der Waals surface area contributed by atoms with Crippen molar-refractivity contribution in [2.75, 3.05) is 0 Å². The first-order valence-corrected chi connectivity index (χ1v) is 4.15. The van der Waals surface area contributed by atoms with Crippen LogP contribution in [0.1, 0.15) is 12.8 Å². The molecule has 74 valence electrons. The fourth-order valence-corrected chi connectivity index (χ4v) is 0.964. The molecule has 0 fully saturated rings. The van der Waals surface area contributed by atoms with Gasteiger partial charge in [-0.1, -0.05) is 12.2 Å². The minimum Gasteiger partial charge on any atom is -0.478 e. The summed E-state index contributed by atoms with van der Waals surface area (Å²) in [6.45, 7) is 0. The molecule has 1 rings (SSSR count).